The Kier molecular flexibility index (Phi) is 7.41. The SMILES string of the molecule is c1ccc(N(c2ccccc2)c2ccc(N(c3ccc4c(c3)C3(c5ccccc5Oc5ccccc53)c3ccccc3-4)c3cccc4oc5ccccc5c34)cc2)cc1. The maximum atomic E-state index is 6.66. The number of para-hydroxylation sites is 5. The molecule has 9 aromatic carbocycles. The van der Waals surface area contributed by atoms with Gasteiger partial charge in [-0.25, -0.2) is 0 Å². The van der Waals surface area contributed by atoms with Gasteiger partial charge in [-0.15, -0.1) is 0 Å². The molecule has 10 aromatic rings. The predicted octanol–water partition coefficient (Wildman–Crippen LogP) is 15.0. The minimum Gasteiger partial charge on any atom is -0.457 e. The summed E-state index contributed by atoms with van der Waals surface area (Å²) in [4.78, 5) is 4.70. The monoisotopic (exact) mass is 756 g/mol. The Hall–Kier alpha value is -7.82. The molecule has 12 rings (SSSR count). The highest BCUT2D eigenvalue weighted by atomic mass is 16.5. The highest BCUT2D eigenvalue weighted by molar-refractivity contribution is 6.13. The number of ether oxygens (including phenoxy) is 1. The third kappa shape index (κ3) is 4.96. The molecule has 1 spiro atoms. The predicted molar refractivity (Wildman–Crippen MR) is 240 cm³/mol. The number of nitrogens with zero attached hydrogens (tertiary/aromatic N) is 2. The number of hydrogen-bond donors (Lipinski definition) is 0. The van der Waals surface area contributed by atoms with Gasteiger partial charge in [0.05, 0.1) is 16.5 Å². The Morgan fingerprint density at radius 2 is 0.847 bits per heavy atom. The van der Waals surface area contributed by atoms with Crippen LogP contribution < -0.4 is 14.5 Å². The van der Waals surface area contributed by atoms with E-state index in [1.165, 1.54) is 22.3 Å². The molecule has 1 aromatic heterocycles. The van der Waals surface area contributed by atoms with Crippen molar-refractivity contribution in [2.45, 2.75) is 5.41 Å². The first-order chi connectivity index (χ1) is 29.3. The molecule has 59 heavy (non-hydrogen) atoms. The Bertz CT molecular complexity index is 3120. The number of fused-ring (bicyclic) bond motifs is 12. The van der Waals surface area contributed by atoms with Gasteiger partial charge in [0.25, 0.3) is 0 Å². The number of hydrogen-bond acceptors (Lipinski definition) is 4. The van der Waals surface area contributed by atoms with E-state index in [0.717, 1.165) is 78.7 Å². The number of furan rings is 1. The first kappa shape index (κ1) is 33.3. The van der Waals surface area contributed by atoms with Crippen LogP contribution in [0.2, 0.25) is 0 Å². The Balaban J connectivity index is 1.11. The summed E-state index contributed by atoms with van der Waals surface area (Å²) >= 11 is 0. The van der Waals surface area contributed by atoms with Crippen LogP contribution in [0.25, 0.3) is 33.1 Å². The van der Waals surface area contributed by atoms with E-state index in [0.29, 0.717) is 0 Å². The van der Waals surface area contributed by atoms with Crippen LogP contribution in [0, 0.1) is 0 Å². The molecule has 1 aliphatic carbocycles. The minimum atomic E-state index is -0.594. The van der Waals surface area contributed by atoms with Crippen molar-refractivity contribution in [1.29, 1.82) is 0 Å². The fraction of sp³-hybridized carbons (Fsp3) is 0.0182. The molecule has 4 heteroatoms. The Labute approximate surface area is 342 Å². The van der Waals surface area contributed by atoms with Gasteiger partial charge in [-0.3, -0.25) is 0 Å². The maximum Gasteiger partial charge on any atom is 0.137 e. The van der Waals surface area contributed by atoms with Gasteiger partial charge in [-0.1, -0.05) is 127 Å². The van der Waals surface area contributed by atoms with Gasteiger partial charge in [-0.2, -0.15) is 0 Å². The van der Waals surface area contributed by atoms with Crippen molar-refractivity contribution in [1.82, 2.24) is 0 Å². The summed E-state index contributed by atoms with van der Waals surface area (Å²) < 4.78 is 13.2. The van der Waals surface area contributed by atoms with E-state index >= 15 is 0 Å². The van der Waals surface area contributed by atoms with Crippen LogP contribution in [0.4, 0.5) is 34.1 Å². The molecule has 2 aliphatic rings. The largest absolute Gasteiger partial charge is 0.457 e. The number of rotatable bonds is 6. The summed E-state index contributed by atoms with van der Waals surface area (Å²) in [6, 6.07) is 77.8. The average molecular weight is 757 g/mol. The highest BCUT2D eigenvalue weighted by Crippen LogP contribution is 2.62. The van der Waals surface area contributed by atoms with Crippen LogP contribution in [0.3, 0.4) is 0 Å². The second kappa shape index (κ2) is 13.1. The van der Waals surface area contributed by atoms with Gasteiger partial charge >= 0.3 is 0 Å². The summed E-state index contributed by atoms with van der Waals surface area (Å²) in [5.41, 5.74) is 14.7. The third-order valence-corrected chi connectivity index (χ3v) is 12.1. The van der Waals surface area contributed by atoms with E-state index < -0.39 is 5.41 Å². The third-order valence-electron chi connectivity index (χ3n) is 12.1. The van der Waals surface area contributed by atoms with Crippen molar-refractivity contribution >= 4 is 56.1 Å². The molecule has 0 atom stereocenters. The zero-order valence-electron chi connectivity index (χ0n) is 32.0. The van der Waals surface area contributed by atoms with Crippen LogP contribution in [-0.4, -0.2) is 0 Å². The zero-order chi connectivity index (χ0) is 38.9. The first-order valence-electron chi connectivity index (χ1n) is 20.1. The van der Waals surface area contributed by atoms with Crippen molar-refractivity contribution in [3.63, 3.8) is 0 Å². The average Bonchev–Trinajstić information content (AvgIpc) is 3.82. The molecule has 0 radical (unpaired) electrons. The molecule has 0 bridgehead atoms. The van der Waals surface area contributed by atoms with Crippen LogP contribution in [0.5, 0.6) is 11.5 Å². The zero-order valence-corrected chi connectivity index (χ0v) is 32.0. The normalized spacial score (nSPS) is 13.0. The van der Waals surface area contributed by atoms with Crippen LogP contribution >= 0.6 is 0 Å². The summed E-state index contributed by atoms with van der Waals surface area (Å²) in [6.07, 6.45) is 0. The lowest BCUT2D eigenvalue weighted by Crippen LogP contribution is -2.32. The number of anilines is 6. The topological polar surface area (TPSA) is 28.9 Å². The molecular formula is C55H36N2O2. The van der Waals surface area contributed by atoms with Crippen molar-refractivity contribution in [2.75, 3.05) is 9.80 Å². The molecule has 278 valence electrons. The summed E-state index contributed by atoms with van der Waals surface area (Å²) in [5, 5.41) is 2.15. The van der Waals surface area contributed by atoms with Crippen molar-refractivity contribution in [2.24, 2.45) is 0 Å². The standard InChI is InChI=1S/C55H36N2O2/c1-3-16-37(17-4-1)56(38-18-5-2-6-19-38)39-30-32-40(33-31-39)57(49-25-15-29-53-54(49)44-21-8-12-26-50(44)58-53)41-34-35-43-42-20-7-9-22-45(42)55(48(43)36-41)46-23-10-13-27-51(46)59-52-28-14-11-24-47(52)55/h1-36H. The van der Waals surface area contributed by atoms with E-state index in [9.17, 15) is 0 Å². The Morgan fingerprint density at radius 1 is 0.339 bits per heavy atom. The van der Waals surface area contributed by atoms with Gasteiger partial charge in [-0.05, 0) is 113 Å². The smallest absolute Gasteiger partial charge is 0.137 e. The molecule has 0 fully saturated rings. The van der Waals surface area contributed by atoms with Gasteiger partial charge in [0.2, 0.25) is 0 Å². The maximum absolute atomic E-state index is 6.66. The minimum absolute atomic E-state index is 0.594. The lowest BCUT2D eigenvalue weighted by atomic mass is 9.66. The Morgan fingerprint density at radius 3 is 1.54 bits per heavy atom. The van der Waals surface area contributed by atoms with E-state index in [1.54, 1.807) is 0 Å². The van der Waals surface area contributed by atoms with Gasteiger partial charge in [0.1, 0.15) is 22.7 Å². The molecule has 0 amide bonds. The molecule has 4 nitrogen and oxygen atoms in total. The van der Waals surface area contributed by atoms with E-state index in [-0.39, 0.29) is 0 Å². The quantitative estimate of drug-likeness (QED) is 0.169. The summed E-state index contributed by atoms with van der Waals surface area (Å²) in [7, 11) is 0. The summed E-state index contributed by atoms with van der Waals surface area (Å²) in [5.74, 6) is 1.76. The van der Waals surface area contributed by atoms with E-state index in [1.807, 2.05) is 6.07 Å². The van der Waals surface area contributed by atoms with Gasteiger partial charge in [0, 0.05) is 45.0 Å². The van der Waals surface area contributed by atoms with Crippen LogP contribution in [0.1, 0.15) is 22.3 Å². The highest BCUT2D eigenvalue weighted by Gasteiger charge is 2.51. The van der Waals surface area contributed by atoms with Gasteiger partial charge in [0.15, 0.2) is 0 Å². The lowest BCUT2D eigenvalue weighted by molar-refractivity contribution is 0.436. The molecular weight excluding hydrogens is 721 g/mol. The second-order valence-electron chi connectivity index (χ2n) is 15.2. The van der Waals surface area contributed by atoms with Crippen molar-refractivity contribution in [3.8, 4) is 22.6 Å². The fourth-order valence-corrected chi connectivity index (χ4v) is 9.70. The van der Waals surface area contributed by atoms with Crippen LogP contribution in [-0.2, 0) is 5.41 Å². The molecule has 0 saturated heterocycles. The molecule has 0 unspecified atom stereocenters. The van der Waals surface area contributed by atoms with Crippen molar-refractivity contribution < 1.29 is 9.15 Å². The van der Waals surface area contributed by atoms with E-state index in [4.69, 9.17) is 9.15 Å². The van der Waals surface area contributed by atoms with Crippen molar-refractivity contribution in [3.05, 3.63) is 241 Å². The lowest BCUT2D eigenvalue weighted by Gasteiger charge is -2.39. The molecule has 1 aliphatic heterocycles. The number of benzene rings is 9. The van der Waals surface area contributed by atoms with Gasteiger partial charge < -0.3 is 19.0 Å². The molecule has 2 heterocycles. The first-order valence-corrected chi connectivity index (χ1v) is 20.1. The molecule has 0 saturated carbocycles. The van der Waals surface area contributed by atoms with Crippen LogP contribution in [0.15, 0.2) is 223 Å². The fourth-order valence-electron chi connectivity index (χ4n) is 9.70. The summed E-state index contributed by atoms with van der Waals surface area (Å²) in [6.45, 7) is 0. The van der Waals surface area contributed by atoms with E-state index in [2.05, 4.69) is 222 Å². The second-order valence-corrected chi connectivity index (χ2v) is 15.2. The molecule has 0 N–H and O–H groups in total.